The van der Waals surface area contributed by atoms with Crippen molar-refractivity contribution in [2.75, 3.05) is 7.11 Å². The zero-order chi connectivity index (χ0) is 19.6. The number of nitro groups is 1. The van der Waals surface area contributed by atoms with Gasteiger partial charge in [0.05, 0.1) is 23.4 Å². The molecule has 0 radical (unpaired) electrons. The summed E-state index contributed by atoms with van der Waals surface area (Å²) < 4.78 is 6.73. The number of nitro benzene ring substituents is 1. The lowest BCUT2D eigenvalue weighted by molar-refractivity contribution is -0.384. The van der Waals surface area contributed by atoms with Gasteiger partial charge in [0, 0.05) is 17.7 Å². The van der Waals surface area contributed by atoms with Gasteiger partial charge < -0.3 is 9.84 Å². The molecule has 1 aromatic heterocycles. The van der Waals surface area contributed by atoms with Crippen molar-refractivity contribution < 1.29 is 19.6 Å². The van der Waals surface area contributed by atoms with E-state index in [1.54, 1.807) is 36.1 Å². The van der Waals surface area contributed by atoms with Gasteiger partial charge in [-0.15, -0.1) is 0 Å². The standard InChI is InChI=1S/C19H17N3O5/c1-3-16-17(19(23)24)18(12-4-6-14(7-5-12)22(25)26)20-21(16)13-8-10-15(27-2)11-9-13/h4-11H,3H2,1-2H3,(H,23,24). The lowest BCUT2D eigenvalue weighted by atomic mass is 10.0. The highest BCUT2D eigenvalue weighted by atomic mass is 16.6. The number of hydrogen-bond acceptors (Lipinski definition) is 5. The third-order valence-electron chi connectivity index (χ3n) is 4.20. The highest BCUT2D eigenvalue weighted by Gasteiger charge is 2.24. The van der Waals surface area contributed by atoms with Crippen LogP contribution in [0, 0.1) is 10.1 Å². The van der Waals surface area contributed by atoms with Crippen LogP contribution in [0.25, 0.3) is 16.9 Å². The molecule has 0 saturated heterocycles. The van der Waals surface area contributed by atoms with E-state index in [0.29, 0.717) is 29.1 Å². The van der Waals surface area contributed by atoms with E-state index in [1.165, 1.54) is 24.3 Å². The molecule has 0 aliphatic rings. The molecule has 0 unspecified atom stereocenters. The summed E-state index contributed by atoms with van der Waals surface area (Å²) in [7, 11) is 1.57. The largest absolute Gasteiger partial charge is 0.497 e. The molecule has 2 aromatic carbocycles. The summed E-state index contributed by atoms with van der Waals surface area (Å²) in [5.74, 6) is -0.419. The minimum atomic E-state index is -1.10. The number of ether oxygens (including phenoxy) is 1. The molecular formula is C19H17N3O5. The summed E-state index contributed by atoms with van der Waals surface area (Å²) in [6.07, 6.45) is 0.452. The minimum absolute atomic E-state index is 0.0686. The van der Waals surface area contributed by atoms with Gasteiger partial charge in [-0.2, -0.15) is 5.10 Å². The van der Waals surface area contributed by atoms with Crippen LogP contribution in [0.1, 0.15) is 23.0 Å². The Morgan fingerprint density at radius 3 is 2.30 bits per heavy atom. The molecule has 27 heavy (non-hydrogen) atoms. The van der Waals surface area contributed by atoms with Crippen LogP contribution in [0.4, 0.5) is 5.69 Å². The fraction of sp³-hybridized carbons (Fsp3) is 0.158. The summed E-state index contributed by atoms with van der Waals surface area (Å²) in [6.45, 7) is 1.85. The molecular weight excluding hydrogens is 350 g/mol. The molecule has 0 fully saturated rings. The third kappa shape index (κ3) is 3.37. The van der Waals surface area contributed by atoms with Crippen molar-refractivity contribution in [2.45, 2.75) is 13.3 Å². The van der Waals surface area contributed by atoms with E-state index in [1.807, 2.05) is 6.92 Å². The number of benzene rings is 2. The zero-order valence-corrected chi connectivity index (χ0v) is 14.7. The number of carbonyl (C=O) groups is 1. The van der Waals surface area contributed by atoms with Crippen molar-refractivity contribution in [2.24, 2.45) is 0 Å². The summed E-state index contributed by atoms with van der Waals surface area (Å²) in [5, 5.41) is 25.1. The van der Waals surface area contributed by atoms with Crippen LogP contribution in [-0.2, 0) is 6.42 Å². The number of hydrogen-bond donors (Lipinski definition) is 1. The maximum atomic E-state index is 11.9. The Bertz CT molecular complexity index is 991. The maximum absolute atomic E-state index is 11.9. The molecule has 3 aromatic rings. The highest BCUT2D eigenvalue weighted by Crippen LogP contribution is 2.30. The predicted octanol–water partition coefficient (Wildman–Crippen LogP) is 3.72. The molecule has 0 saturated carbocycles. The SMILES string of the molecule is CCc1c(C(=O)O)c(-c2ccc([N+](=O)[O-])cc2)nn1-c1ccc(OC)cc1. The molecule has 8 heteroatoms. The molecule has 138 valence electrons. The van der Waals surface area contributed by atoms with Crippen molar-refractivity contribution in [3.63, 3.8) is 0 Å². The van der Waals surface area contributed by atoms with Crippen LogP contribution >= 0.6 is 0 Å². The summed E-state index contributed by atoms with van der Waals surface area (Å²) in [4.78, 5) is 22.3. The topological polar surface area (TPSA) is 107 Å². The Balaban J connectivity index is 2.17. The molecule has 3 rings (SSSR count). The monoisotopic (exact) mass is 367 g/mol. The van der Waals surface area contributed by atoms with E-state index < -0.39 is 10.9 Å². The van der Waals surface area contributed by atoms with Gasteiger partial charge in [-0.25, -0.2) is 9.48 Å². The number of aromatic carboxylic acids is 1. The highest BCUT2D eigenvalue weighted by molar-refractivity contribution is 5.96. The predicted molar refractivity (Wildman–Crippen MR) is 98.5 cm³/mol. The average Bonchev–Trinajstić information content (AvgIpc) is 3.08. The number of aromatic nitrogens is 2. The van der Waals surface area contributed by atoms with Gasteiger partial charge in [-0.1, -0.05) is 6.92 Å². The van der Waals surface area contributed by atoms with E-state index in [0.717, 1.165) is 0 Å². The first-order valence-corrected chi connectivity index (χ1v) is 8.20. The van der Waals surface area contributed by atoms with Crippen molar-refractivity contribution in [1.29, 1.82) is 0 Å². The van der Waals surface area contributed by atoms with Crippen molar-refractivity contribution >= 4 is 11.7 Å². The molecule has 1 heterocycles. The van der Waals surface area contributed by atoms with Gasteiger partial charge >= 0.3 is 5.97 Å². The van der Waals surface area contributed by atoms with E-state index in [2.05, 4.69) is 5.10 Å². The Hall–Kier alpha value is -3.68. The van der Waals surface area contributed by atoms with Gasteiger partial charge in [0.25, 0.3) is 5.69 Å². The van der Waals surface area contributed by atoms with Crippen LogP contribution < -0.4 is 4.74 Å². The second kappa shape index (κ2) is 7.28. The van der Waals surface area contributed by atoms with Crippen LogP contribution in [0.2, 0.25) is 0 Å². The molecule has 0 amide bonds. The fourth-order valence-corrected chi connectivity index (χ4v) is 2.88. The quantitative estimate of drug-likeness (QED) is 0.525. The van der Waals surface area contributed by atoms with Crippen molar-refractivity contribution in [1.82, 2.24) is 9.78 Å². The lowest BCUT2D eigenvalue weighted by Gasteiger charge is -2.07. The Kier molecular flexibility index (Phi) is 4.89. The van der Waals surface area contributed by atoms with Gasteiger partial charge in [0.1, 0.15) is 17.0 Å². The number of methoxy groups -OCH3 is 1. The number of rotatable bonds is 6. The Morgan fingerprint density at radius 2 is 1.81 bits per heavy atom. The first-order chi connectivity index (χ1) is 13.0. The zero-order valence-electron chi connectivity index (χ0n) is 14.7. The molecule has 0 spiro atoms. The average molecular weight is 367 g/mol. The van der Waals surface area contributed by atoms with E-state index in [-0.39, 0.29) is 16.9 Å². The van der Waals surface area contributed by atoms with Crippen LogP contribution in [0.5, 0.6) is 5.75 Å². The Labute approximate surface area is 154 Å². The fourth-order valence-electron chi connectivity index (χ4n) is 2.88. The molecule has 0 aliphatic carbocycles. The van der Waals surface area contributed by atoms with Gasteiger partial charge in [0.15, 0.2) is 0 Å². The van der Waals surface area contributed by atoms with Crippen molar-refractivity contribution in [3.8, 4) is 22.7 Å². The van der Waals surface area contributed by atoms with E-state index in [9.17, 15) is 20.0 Å². The van der Waals surface area contributed by atoms with Gasteiger partial charge in [-0.3, -0.25) is 10.1 Å². The minimum Gasteiger partial charge on any atom is -0.497 e. The molecule has 0 bridgehead atoms. The van der Waals surface area contributed by atoms with Crippen LogP contribution in [-0.4, -0.2) is 32.9 Å². The maximum Gasteiger partial charge on any atom is 0.339 e. The molecule has 0 aliphatic heterocycles. The number of carboxylic acids is 1. The van der Waals surface area contributed by atoms with Gasteiger partial charge in [-0.05, 0) is 42.8 Å². The summed E-state index contributed by atoms with van der Waals surface area (Å²) in [6, 6.07) is 12.8. The van der Waals surface area contributed by atoms with E-state index >= 15 is 0 Å². The number of carboxylic acid groups (broad SMARTS) is 1. The first-order valence-electron chi connectivity index (χ1n) is 8.20. The van der Waals surface area contributed by atoms with Crippen molar-refractivity contribution in [3.05, 3.63) is 69.9 Å². The molecule has 1 N–H and O–H groups in total. The second-order valence-electron chi connectivity index (χ2n) is 5.74. The number of nitrogens with zero attached hydrogens (tertiary/aromatic N) is 3. The molecule has 0 atom stereocenters. The van der Waals surface area contributed by atoms with Gasteiger partial charge in [0.2, 0.25) is 0 Å². The second-order valence-corrected chi connectivity index (χ2v) is 5.74. The summed E-state index contributed by atoms with van der Waals surface area (Å²) >= 11 is 0. The van der Waals surface area contributed by atoms with Crippen LogP contribution in [0.15, 0.2) is 48.5 Å². The normalized spacial score (nSPS) is 10.6. The number of non-ortho nitro benzene ring substituents is 1. The Morgan fingerprint density at radius 1 is 1.19 bits per heavy atom. The smallest absolute Gasteiger partial charge is 0.339 e. The lowest BCUT2D eigenvalue weighted by Crippen LogP contribution is -2.05. The molecule has 8 nitrogen and oxygen atoms in total. The first kappa shape index (κ1) is 18.1. The summed E-state index contributed by atoms with van der Waals surface area (Å²) in [5.41, 5.74) is 2.03. The third-order valence-corrected chi connectivity index (χ3v) is 4.20. The van der Waals surface area contributed by atoms with Crippen LogP contribution in [0.3, 0.4) is 0 Å². The van der Waals surface area contributed by atoms with E-state index in [4.69, 9.17) is 4.74 Å².